The molecule has 1 spiro atoms. The number of carbonyl (C=O) groups is 2. The zero-order valence-electron chi connectivity index (χ0n) is 13.0. The van der Waals surface area contributed by atoms with Crippen LogP contribution in [0.1, 0.15) is 52.9 Å². The molecule has 114 valence electrons. The smallest absolute Gasteiger partial charge is 0.249 e. The summed E-state index contributed by atoms with van der Waals surface area (Å²) in [7, 11) is 1.62. The molecule has 0 aromatic carbocycles. The van der Waals surface area contributed by atoms with E-state index in [1.165, 1.54) is 0 Å². The molecular weight excluding hydrogens is 256 g/mol. The Morgan fingerprint density at radius 1 is 1.35 bits per heavy atom. The number of amides is 2. The summed E-state index contributed by atoms with van der Waals surface area (Å²) in [6.07, 6.45) is 4.12. The highest BCUT2D eigenvalue weighted by molar-refractivity contribution is 6.02. The second-order valence-corrected chi connectivity index (χ2v) is 6.35. The third kappa shape index (κ3) is 2.12. The van der Waals surface area contributed by atoms with Crippen LogP contribution in [0.15, 0.2) is 0 Å². The zero-order valence-corrected chi connectivity index (χ0v) is 13.0. The number of carbonyl (C=O) groups excluding carboxylic acids is 2. The van der Waals surface area contributed by atoms with Crippen LogP contribution in [0, 0.1) is 0 Å². The van der Waals surface area contributed by atoms with Crippen molar-refractivity contribution in [3.63, 3.8) is 0 Å². The Kier molecular flexibility index (Phi) is 4.09. The van der Waals surface area contributed by atoms with Gasteiger partial charge in [-0.25, -0.2) is 0 Å². The van der Waals surface area contributed by atoms with Gasteiger partial charge in [0.2, 0.25) is 11.8 Å². The lowest BCUT2D eigenvalue weighted by Crippen LogP contribution is -2.75. The molecule has 2 aliphatic rings. The number of hydrogen-bond acceptors (Lipinski definition) is 3. The van der Waals surface area contributed by atoms with Gasteiger partial charge in [-0.2, -0.15) is 0 Å². The number of nitrogens with one attached hydrogen (secondary N) is 1. The van der Waals surface area contributed by atoms with Crippen LogP contribution in [0.3, 0.4) is 0 Å². The predicted octanol–water partition coefficient (Wildman–Crippen LogP) is 1.46. The first-order valence-corrected chi connectivity index (χ1v) is 7.56. The second kappa shape index (κ2) is 5.35. The van der Waals surface area contributed by atoms with Crippen LogP contribution in [0.5, 0.6) is 0 Å². The van der Waals surface area contributed by atoms with E-state index in [9.17, 15) is 9.59 Å². The van der Waals surface area contributed by atoms with Crippen LogP contribution in [-0.2, 0) is 14.3 Å². The molecule has 5 heteroatoms. The van der Waals surface area contributed by atoms with Crippen LogP contribution < -0.4 is 5.32 Å². The van der Waals surface area contributed by atoms with Crippen molar-refractivity contribution in [2.45, 2.75) is 70.0 Å². The summed E-state index contributed by atoms with van der Waals surface area (Å²) < 4.78 is 5.20. The van der Waals surface area contributed by atoms with E-state index < -0.39 is 11.1 Å². The largest absolute Gasteiger partial charge is 0.383 e. The first kappa shape index (κ1) is 15.3. The van der Waals surface area contributed by atoms with Gasteiger partial charge in [0.15, 0.2) is 0 Å². The molecule has 1 saturated heterocycles. The minimum atomic E-state index is -0.775. The Hall–Kier alpha value is -1.10. The lowest BCUT2D eigenvalue weighted by Gasteiger charge is -2.52. The molecule has 5 nitrogen and oxygen atoms in total. The number of nitrogens with zero attached hydrogens (tertiary/aromatic N) is 1. The van der Waals surface area contributed by atoms with Crippen LogP contribution >= 0.6 is 0 Å². The van der Waals surface area contributed by atoms with Gasteiger partial charge in [-0.05, 0) is 33.1 Å². The SMILES string of the molecule is CCC1(C)C(=O)NC2(CCCC2)C(=O)N1C(C)COC. The first-order valence-electron chi connectivity index (χ1n) is 7.56. The first-order chi connectivity index (χ1) is 9.41. The molecule has 1 saturated carbocycles. The Morgan fingerprint density at radius 2 is 1.95 bits per heavy atom. The summed E-state index contributed by atoms with van der Waals surface area (Å²) in [5, 5.41) is 3.04. The fraction of sp³-hybridized carbons (Fsp3) is 0.867. The van der Waals surface area contributed by atoms with Crippen molar-refractivity contribution in [1.29, 1.82) is 0 Å². The van der Waals surface area contributed by atoms with Crippen molar-refractivity contribution in [2.24, 2.45) is 0 Å². The van der Waals surface area contributed by atoms with Gasteiger partial charge in [-0.3, -0.25) is 9.59 Å². The molecule has 0 aromatic heterocycles. The molecule has 0 bridgehead atoms. The van der Waals surface area contributed by atoms with Gasteiger partial charge in [0.05, 0.1) is 12.6 Å². The molecule has 1 aliphatic carbocycles. The van der Waals surface area contributed by atoms with E-state index in [0.717, 1.165) is 25.7 Å². The highest BCUT2D eigenvalue weighted by Crippen LogP contribution is 2.39. The zero-order chi connectivity index (χ0) is 15.0. The van der Waals surface area contributed by atoms with Crippen molar-refractivity contribution in [3.05, 3.63) is 0 Å². The molecule has 1 N–H and O–H groups in total. The number of hydrogen-bond donors (Lipinski definition) is 1. The Bertz CT molecular complexity index is 404. The average Bonchev–Trinajstić information content (AvgIpc) is 2.87. The molecule has 2 amide bonds. The third-order valence-electron chi connectivity index (χ3n) is 5.00. The fourth-order valence-corrected chi connectivity index (χ4v) is 3.62. The molecule has 1 heterocycles. The minimum absolute atomic E-state index is 0.0237. The number of ether oxygens (including phenoxy) is 1. The van der Waals surface area contributed by atoms with E-state index in [0.29, 0.717) is 13.0 Å². The number of rotatable bonds is 4. The van der Waals surface area contributed by atoms with Crippen LogP contribution in [0.25, 0.3) is 0 Å². The van der Waals surface area contributed by atoms with Gasteiger partial charge in [-0.15, -0.1) is 0 Å². The van der Waals surface area contributed by atoms with Crippen LogP contribution in [-0.4, -0.2) is 47.6 Å². The maximum absolute atomic E-state index is 13.0. The van der Waals surface area contributed by atoms with Crippen LogP contribution in [0.2, 0.25) is 0 Å². The van der Waals surface area contributed by atoms with Crippen molar-refractivity contribution in [3.8, 4) is 0 Å². The van der Waals surface area contributed by atoms with Crippen molar-refractivity contribution in [2.75, 3.05) is 13.7 Å². The summed E-state index contributed by atoms with van der Waals surface area (Å²) >= 11 is 0. The topological polar surface area (TPSA) is 58.6 Å². The molecule has 2 rings (SSSR count). The monoisotopic (exact) mass is 282 g/mol. The molecule has 20 heavy (non-hydrogen) atoms. The van der Waals surface area contributed by atoms with Crippen molar-refractivity contribution < 1.29 is 14.3 Å². The van der Waals surface area contributed by atoms with E-state index in [-0.39, 0.29) is 17.9 Å². The van der Waals surface area contributed by atoms with Gasteiger partial charge >= 0.3 is 0 Å². The second-order valence-electron chi connectivity index (χ2n) is 6.35. The molecule has 2 unspecified atom stereocenters. The summed E-state index contributed by atoms with van der Waals surface area (Å²) in [4.78, 5) is 27.4. The molecule has 0 aromatic rings. The van der Waals surface area contributed by atoms with E-state index >= 15 is 0 Å². The fourth-order valence-electron chi connectivity index (χ4n) is 3.62. The summed E-state index contributed by atoms with van der Waals surface area (Å²) in [6.45, 7) is 6.21. The van der Waals surface area contributed by atoms with Gasteiger partial charge in [0.25, 0.3) is 0 Å². The molecule has 2 atom stereocenters. The summed E-state index contributed by atoms with van der Waals surface area (Å²) in [5.74, 6) is 0.0490. The van der Waals surface area contributed by atoms with E-state index in [1.807, 2.05) is 20.8 Å². The highest BCUT2D eigenvalue weighted by atomic mass is 16.5. The Balaban J connectivity index is 2.39. The molecular formula is C15H26N2O3. The average molecular weight is 282 g/mol. The highest BCUT2D eigenvalue weighted by Gasteiger charge is 2.57. The maximum Gasteiger partial charge on any atom is 0.249 e. The van der Waals surface area contributed by atoms with E-state index in [4.69, 9.17) is 4.74 Å². The molecule has 0 radical (unpaired) electrons. The van der Waals surface area contributed by atoms with Crippen molar-refractivity contribution >= 4 is 11.8 Å². The lowest BCUT2D eigenvalue weighted by atomic mass is 9.82. The van der Waals surface area contributed by atoms with Crippen molar-refractivity contribution in [1.82, 2.24) is 10.2 Å². The lowest BCUT2D eigenvalue weighted by molar-refractivity contribution is -0.167. The van der Waals surface area contributed by atoms with Gasteiger partial charge in [-0.1, -0.05) is 19.8 Å². The number of piperazine rings is 1. The Labute approximate surface area is 121 Å². The third-order valence-corrected chi connectivity index (χ3v) is 5.00. The summed E-state index contributed by atoms with van der Waals surface area (Å²) in [5.41, 5.74) is -1.43. The van der Waals surface area contributed by atoms with Crippen LogP contribution in [0.4, 0.5) is 0 Å². The van der Waals surface area contributed by atoms with Gasteiger partial charge in [0.1, 0.15) is 11.1 Å². The van der Waals surface area contributed by atoms with Gasteiger partial charge in [0, 0.05) is 7.11 Å². The maximum atomic E-state index is 13.0. The standard InChI is InChI=1S/C15H26N2O3/c1-5-14(3)12(18)16-15(8-6-7-9-15)13(19)17(14)11(2)10-20-4/h11H,5-10H2,1-4H3,(H,16,18). The summed E-state index contributed by atoms with van der Waals surface area (Å²) in [6, 6.07) is -0.0963. The van der Waals surface area contributed by atoms with Gasteiger partial charge < -0.3 is 15.0 Å². The predicted molar refractivity (Wildman–Crippen MR) is 76.2 cm³/mol. The molecule has 1 aliphatic heterocycles. The quantitative estimate of drug-likeness (QED) is 0.849. The Morgan fingerprint density at radius 3 is 2.45 bits per heavy atom. The molecule has 2 fully saturated rings. The van der Waals surface area contributed by atoms with E-state index in [2.05, 4.69) is 5.32 Å². The van der Waals surface area contributed by atoms with E-state index in [1.54, 1.807) is 12.0 Å². The normalized spacial score (nSPS) is 30.7. The minimum Gasteiger partial charge on any atom is -0.383 e. The number of methoxy groups -OCH3 is 1.